The van der Waals surface area contributed by atoms with Crippen molar-refractivity contribution in [1.29, 1.82) is 0 Å². The maximum Gasteiger partial charge on any atom is 0.117 e. The highest BCUT2D eigenvalue weighted by molar-refractivity contribution is 5.54. The third-order valence-corrected chi connectivity index (χ3v) is 9.08. The fraction of sp³-hybridized carbons (Fsp3) is 0.462. The summed E-state index contributed by atoms with van der Waals surface area (Å²) in [5.41, 5.74) is 2.35. The molecule has 2 heterocycles. The summed E-state index contributed by atoms with van der Waals surface area (Å²) in [6.07, 6.45) is 5.12. The van der Waals surface area contributed by atoms with Gasteiger partial charge in [0, 0.05) is 49.7 Å². The van der Waals surface area contributed by atoms with E-state index in [1.807, 2.05) is 24.3 Å². The number of anilines is 2. The van der Waals surface area contributed by atoms with E-state index in [-0.39, 0.29) is 0 Å². The van der Waals surface area contributed by atoms with Gasteiger partial charge in [0.05, 0.1) is 0 Å². The Balaban J connectivity index is 1.14. The summed E-state index contributed by atoms with van der Waals surface area (Å²) in [4.78, 5) is 5.03. The highest BCUT2D eigenvalue weighted by Crippen LogP contribution is 2.67. The van der Waals surface area contributed by atoms with Crippen molar-refractivity contribution in [3.8, 4) is 11.5 Å². The Morgan fingerprint density at radius 3 is 1.47 bits per heavy atom. The lowest BCUT2D eigenvalue weighted by Crippen LogP contribution is -2.61. The molecule has 4 nitrogen and oxygen atoms in total. The zero-order chi connectivity index (χ0) is 20.0. The topological polar surface area (TPSA) is 46.9 Å². The lowest BCUT2D eigenvalue weighted by molar-refractivity contribution is -0.119. The number of benzene rings is 2. The molecule has 30 heavy (non-hydrogen) atoms. The summed E-state index contributed by atoms with van der Waals surface area (Å²) in [5.74, 6) is 6.90. The fourth-order valence-electron chi connectivity index (χ4n) is 8.02. The van der Waals surface area contributed by atoms with Gasteiger partial charge < -0.3 is 20.0 Å². The smallest absolute Gasteiger partial charge is 0.117 e. The second-order valence-corrected chi connectivity index (χ2v) is 10.2. The van der Waals surface area contributed by atoms with Crippen molar-refractivity contribution < 1.29 is 10.2 Å². The van der Waals surface area contributed by atoms with Crippen molar-refractivity contribution >= 4 is 11.4 Å². The van der Waals surface area contributed by atoms with Gasteiger partial charge in [-0.3, -0.25) is 0 Å². The van der Waals surface area contributed by atoms with Gasteiger partial charge in [0.2, 0.25) is 0 Å². The highest BCUT2D eigenvalue weighted by Gasteiger charge is 2.66. The van der Waals surface area contributed by atoms with Crippen molar-refractivity contribution in [2.24, 2.45) is 47.3 Å². The van der Waals surface area contributed by atoms with E-state index in [1.54, 1.807) is 12.1 Å². The molecule has 2 saturated heterocycles. The van der Waals surface area contributed by atoms with Gasteiger partial charge in [0.1, 0.15) is 11.5 Å². The van der Waals surface area contributed by atoms with Gasteiger partial charge >= 0.3 is 0 Å². The molecule has 8 rings (SSSR count). The molecule has 2 N–H and O–H groups in total. The average molecular weight is 401 g/mol. The van der Waals surface area contributed by atoms with Gasteiger partial charge in [0.15, 0.2) is 0 Å². The summed E-state index contributed by atoms with van der Waals surface area (Å²) in [6, 6.07) is 15.6. The summed E-state index contributed by atoms with van der Waals surface area (Å²) in [7, 11) is 0. The lowest BCUT2D eigenvalue weighted by Gasteiger charge is -2.63. The number of rotatable bonds is 2. The molecule has 6 aliphatic rings. The Labute approximate surface area is 177 Å². The summed E-state index contributed by atoms with van der Waals surface area (Å²) in [6.45, 7) is 4.52. The van der Waals surface area contributed by atoms with Gasteiger partial charge in [-0.15, -0.1) is 0 Å². The SMILES string of the molecule is Oc1cccc(N2C[C@@H]3[C@@H]4C=C[C@H]([C@@H]3C2)[C@@H]2[C@H]3CN(c5cccc(O)c5)C[C@H]3[C@H]42)c1. The standard InChI is InChI=1S/C26H28N2O2/c29-17-5-1-3-15(9-17)27-11-21-19-7-8-20(22(21)12-27)26-24-14-28(13-23(24)25(19)26)16-4-2-6-18(30)10-16/h1-10,19-26,29-30H,11-14H2/t19-,20+,21+,22-,23+,24-,25-,26+. The van der Waals surface area contributed by atoms with Crippen LogP contribution in [0.15, 0.2) is 60.7 Å². The van der Waals surface area contributed by atoms with E-state index in [2.05, 4.69) is 34.1 Å². The molecule has 4 heteroatoms. The Bertz CT molecular complexity index is 999. The molecule has 0 unspecified atom stereocenters. The van der Waals surface area contributed by atoms with E-state index in [0.717, 1.165) is 61.7 Å². The van der Waals surface area contributed by atoms with Crippen molar-refractivity contribution in [1.82, 2.24) is 0 Å². The van der Waals surface area contributed by atoms with Gasteiger partial charge in [-0.25, -0.2) is 0 Å². The molecular formula is C26H28N2O2. The minimum Gasteiger partial charge on any atom is -0.508 e. The van der Waals surface area contributed by atoms with Crippen LogP contribution in [0, 0.1) is 47.3 Å². The maximum atomic E-state index is 9.93. The van der Waals surface area contributed by atoms with Crippen molar-refractivity contribution in [3.63, 3.8) is 0 Å². The van der Waals surface area contributed by atoms with Crippen LogP contribution >= 0.6 is 0 Å². The molecule has 0 amide bonds. The van der Waals surface area contributed by atoms with E-state index in [0.29, 0.717) is 23.3 Å². The largest absolute Gasteiger partial charge is 0.508 e. The molecule has 0 aromatic heterocycles. The van der Waals surface area contributed by atoms with Gasteiger partial charge in [-0.1, -0.05) is 24.3 Å². The average Bonchev–Trinajstić information content (AvgIpc) is 3.35. The molecule has 4 fully saturated rings. The molecule has 154 valence electrons. The summed E-state index contributed by atoms with van der Waals surface area (Å²) in [5, 5.41) is 19.8. The third-order valence-electron chi connectivity index (χ3n) is 9.08. The van der Waals surface area contributed by atoms with E-state index >= 15 is 0 Å². The molecule has 0 spiro atoms. The van der Waals surface area contributed by atoms with Crippen LogP contribution in [0.1, 0.15) is 0 Å². The second kappa shape index (κ2) is 5.96. The summed E-state index contributed by atoms with van der Waals surface area (Å²) < 4.78 is 0. The number of phenols is 2. The Hall–Kier alpha value is -2.62. The predicted octanol–water partition coefficient (Wildman–Crippen LogP) is 3.96. The first-order chi connectivity index (χ1) is 14.7. The summed E-state index contributed by atoms with van der Waals surface area (Å²) >= 11 is 0. The molecule has 0 radical (unpaired) electrons. The fourth-order valence-corrected chi connectivity index (χ4v) is 8.02. The minimum absolute atomic E-state index is 0.366. The van der Waals surface area contributed by atoms with Crippen LogP contribution in [0.5, 0.6) is 11.5 Å². The van der Waals surface area contributed by atoms with Crippen LogP contribution in [0.3, 0.4) is 0 Å². The number of allylic oxidation sites excluding steroid dienone is 2. The Kier molecular flexibility index (Phi) is 3.40. The Morgan fingerprint density at radius 2 is 1.03 bits per heavy atom. The molecule has 2 saturated carbocycles. The number of phenolic OH excluding ortho intramolecular Hbond substituents is 2. The van der Waals surface area contributed by atoms with Crippen LogP contribution in [-0.4, -0.2) is 36.4 Å². The molecule has 8 atom stereocenters. The highest BCUT2D eigenvalue weighted by atomic mass is 16.3. The van der Waals surface area contributed by atoms with Crippen molar-refractivity contribution in [2.75, 3.05) is 36.0 Å². The third kappa shape index (κ3) is 2.22. The first kappa shape index (κ1) is 17.1. The molecule has 2 bridgehead atoms. The maximum absolute atomic E-state index is 9.93. The number of aromatic hydroxyl groups is 2. The van der Waals surface area contributed by atoms with Crippen LogP contribution in [0.2, 0.25) is 0 Å². The van der Waals surface area contributed by atoms with E-state index < -0.39 is 0 Å². The van der Waals surface area contributed by atoms with Crippen LogP contribution in [0.4, 0.5) is 11.4 Å². The van der Waals surface area contributed by atoms with Crippen molar-refractivity contribution in [2.45, 2.75) is 0 Å². The zero-order valence-corrected chi connectivity index (χ0v) is 17.0. The minimum atomic E-state index is 0.366. The predicted molar refractivity (Wildman–Crippen MR) is 118 cm³/mol. The van der Waals surface area contributed by atoms with Crippen molar-refractivity contribution in [3.05, 3.63) is 60.7 Å². The first-order valence-electron chi connectivity index (χ1n) is 11.4. The van der Waals surface area contributed by atoms with Crippen LogP contribution in [-0.2, 0) is 0 Å². The monoisotopic (exact) mass is 400 g/mol. The lowest BCUT2D eigenvalue weighted by atomic mass is 9.40. The molecule has 2 aromatic carbocycles. The van der Waals surface area contributed by atoms with E-state index in [9.17, 15) is 10.2 Å². The van der Waals surface area contributed by atoms with Gasteiger partial charge in [0.25, 0.3) is 0 Å². The zero-order valence-electron chi connectivity index (χ0n) is 17.0. The number of fused-ring (bicyclic) bond motifs is 1. The molecule has 4 aliphatic carbocycles. The normalized spacial score (nSPS) is 40.1. The number of hydrogen-bond donors (Lipinski definition) is 2. The quantitative estimate of drug-likeness (QED) is 0.749. The number of hydrogen-bond acceptors (Lipinski definition) is 4. The van der Waals surface area contributed by atoms with E-state index in [1.165, 1.54) is 11.4 Å². The molecule has 2 aromatic rings. The van der Waals surface area contributed by atoms with Crippen LogP contribution < -0.4 is 9.80 Å². The number of nitrogens with zero attached hydrogens (tertiary/aromatic N) is 2. The van der Waals surface area contributed by atoms with Gasteiger partial charge in [-0.05, 0) is 71.6 Å². The first-order valence-corrected chi connectivity index (χ1v) is 11.4. The van der Waals surface area contributed by atoms with E-state index in [4.69, 9.17) is 0 Å². The van der Waals surface area contributed by atoms with Gasteiger partial charge in [-0.2, -0.15) is 0 Å². The molecule has 2 aliphatic heterocycles. The van der Waals surface area contributed by atoms with Crippen LogP contribution in [0.25, 0.3) is 0 Å². The second-order valence-electron chi connectivity index (χ2n) is 10.2. The Morgan fingerprint density at radius 1 is 0.600 bits per heavy atom. The molecular weight excluding hydrogens is 372 g/mol.